The summed E-state index contributed by atoms with van der Waals surface area (Å²) in [7, 11) is 1.57. The minimum Gasteiger partial charge on any atom is -0.496 e. The van der Waals surface area contributed by atoms with Crippen LogP contribution in [0.5, 0.6) is 5.75 Å². The van der Waals surface area contributed by atoms with Crippen molar-refractivity contribution < 1.29 is 14.3 Å². The fourth-order valence-corrected chi connectivity index (χ4v) is 3.41. The fourth-order valence-electron chi connectivity index (χ4n) is 3.41. The number of benzene rings is 3. The van der Waals surface area contributed by atoms with Gasteiger partial charge in [0, 0.05) is 18.3 Å². The molecule has 7 heteroatoms. The lowest BCUT2D eigenvalue weighted by Gasteiger charge is -2.09. The number of nitrogens with one attached hydrogen (secondary N) is 2. The average Bonchev–Trinajstić information content (AvgIpc) is 3.32. The van der Waals surface area contributed by atoms with Crippen LogP contribution in [-0.2, 0) is 11.3 Å². The number of amides is 2. The molecule has 0 fully saturated rings. The van der Waals surface area contributed by atoms with E-state index >= 15 is 0 Å². The number of aromatic nitrogens is 2. The SMILES string of the molecule is COc1ccccc1-c1nn(-c2ccccc2)cc1C(=O)NCC(=O)NCc1ccccc1. The zero-order chi connectivity index (χ0) is 23.0. The molecule has 0 saturated carbocycles. The van der Waals surface area contributed by atoms with E-state index in [1.807, 2.05) is 84.9 Å². The summed E-state index contributed by atoms with van der Waals surface area (Å²) in [6, 6.07) is 26.5. The highest BCUT2D eigenvalue weighted by Crippen LogP contribution is 2.31. The Morgan fingerprint density at radius 1 is 0.879 bits per heavy atom. The van der Waals surface area contributed by atoms with E-state index in [9.17, 15) is 9.59 Å². The summed E-state index contributed by atoms with van der Waals surface area (Å²) in [6.07, 6.45) is 1.66. The number of carbonyl (C=O) groups is 2. The van der Waals surface area contributed by atoms with Crippen molar-refractivity contribution in [2.75, 3.05) is 13.7 Å². The molecule has 3 aromatic carbocycles. The summed E-state index contributed by atoms with van der Waals surface area (Å²) in [5, 5.41) is 10.2. The maximum Gasteiger partial charge on any atom is 0.255 e. The van der Waals surface area contributed by atoms with Crippen LogP contribution in [-0.4, -0.2) is 35.2 Å². The predicted molar refractivity (Wildman–Crippen MR) is 126 cm³/mol. The van der Waals surface area contributed by atoms with Crippen LogP contribution >= 0.6 is 0 Å². The van der Waals surface area contributed by atoms with E-state index in [1.54, 1.807) is 18.0 Å². The molecule has 7 nitrogen and oxygen atoms in total. The predicted octanol–water partition coefficient (Wildman–Crippen LogP) is 3.59. The molecular weight excluding hydrogens is 416 g/mol. The molecule has 0 unspecified atom stereocenters. The number of para-hydroxylation sites is 2. The number of methoxy groups -OCH3 is 1. The quantitative estimate of drug-likeness (QED) is 0.439. The first-order valence-corrected chi connectivity index (χ1v) is 10.5. The van der Waals surface area contributed by atoms with E-state index in [1.165, 1.54) is 0 Å². The molecular formula is C26H24N4O3. The van der Waals surface area contributed by atoms with Crippen molar-refractivity contribution in [3.63, 3.8) is 0 Å². The Morgan fingerprint density at radius 2 is 1.55 bits per heavy atom. The van der Waals surface area contributed by atoms with Crippen molar-refractivity contribution in [1.29, 1.82) is 0 Å². The molecule has 0 saturated heterocycles. The van der Waals surface area contributed by atoms with Gasteiger partial charge in [-0.05, 0) is 29.8 Å². The first-order chi connectivity index (χ1) is 16.2. The molecule has 0 aliphatic carbocycles. The van der Waals surface area contributed by atoms with Crippen molar-refractivity contribution in [3.8, 4) is 22.7 Å². The summed E-state index contributed by atoms with van der Waals surface area (Å²) >= 11 is 0. The van der Waals surface area contributed by atoms with Gasteiger partial charge in [-0.1, -0.05) is 60.7 Å². The number of hydrogen-bond acceptors (Lipinski definition) is 4. The van der Waals surface area contributed by atoms with Gasteiger partial charge >= 0.3 is 0 Å². The third-order valence-corrected chi connectivity index (χ3v) is 5.08. The van der Waals surface area contributed by atoms with Crippen molar-refractivity contribution >= 4 is 11.8 Å². The Labute approximate surface area is 192 Å². The van der Waals surface area contributed by atoms with E-state index in [4.69, 9.17) is 4.74 Å². The summed E-state index contributed by atoms with van der Waals surface area (Å²) in [4.78, 5) is 25.3. The second-order valence-corrected chi connectivity index (χ2v) is 7.32. The topological polar surface area (TPSA) is 85.2 Å². The molecule has 2 N–H and O–H groups in total. The third kappa shape index (κ3) is 5.27. The van der Waals surface area contributed by atoms with E-state index in [0.29, 0.717) is 29.1 Å². The van der Waals surface area contributed by atoms with Crippen LogP contribution in [0.1, 0.15) is 15.9 Å². The van der Waals surface area contributed by atoms with Gasteiger partial charge in [-0.25, -0.2) is 4.68 Å². The molecule has 4 rings (SSSR count). The number of carbonyl (C=O) groups excluding carboxylic acids is 2. The first kappa shape index (κ1) is 21.8. The molecule has 0 radical (unpaired) electrons. The summed E-state index contributed by atoms with van der Waals surface area (Å²) in [6.45, 7) is 0.251. The van der Waals surface area contributed by atoms with Crippen LogP contribution in [0.3, 0.4) is 0 Å². The first-order valence-electron chi connectivity index (χ1n) is 10.5. The second-order valence-electron chi connectivity index (χ2n) is 7.32. The molecule has 4 aromatic rings. The maximum atomic E-state index is 13.1. The van der Waals surface area contributed by atoms with Crippen molar-refractivity contribution in [1.82, 2.24) is 20.4 Å². The van der Waals surface area contributed by atoms with E-state index in [-0.39, 0.29) is 12.5 Å². The lowest BCUT2D eigenvalue weighted by atomic mass is 10.1. The number of nitrogens with zero attached hydrogens (tertiary/aromatic N) is 2. The lowest BCUT2D eigenvalue weighted by Crippen LogP contribution is -2.36. The zero-order valence-corrected chi connectivity index (χ0v) is 18.2. The Kier molecular flexibility index (Phi) is 6.80. The van der Waals surface area contributed by atoms with Gasteiger partial charge in [0.15, 0.2) is 0 Å². The Balaban J connectivity index is 1.54. The van der Waals surface area contributed by atoms with Gasteiger partial charge in [0.05, 0.1) is 24.9 Å². The van der Waals surface area contributed by atoms with Gasteiger partial charge in [-0.2, -0.15) is 5.10 Å². The maximum absolute atomic E-state index is 13.1. The van der Waals surface area contributed by atoms with Gasteiger partial charge in [0.25, 0.3) is 5.91 Å². The van der Waals surface area contributed by atoms with E-state index in [0.717, 1.165) is 11.3 Å². The summed E-state index contributed by atoms with van der Waals surface area (Å²) < 4.78 is 7.12. The van der Waals surface area contributed by atoms with Crippen molar-refractivity contribution in [2.45, 2.75) is 6.54 Å². The highest BCUT2D eigenvalue weighted by Gasteiger charge is 2.21. The fraction of sp³-hybridized carbons (Fsp3) is 0.115. The smallest absolute Gasteiger partial charge is 0.255 e. The second kappa shape index (κ2) is 10.3. The van der Waals surface area contributed by atoms with Crippen LogP contribution < -0.4 is 15.4 Å². The molecule has 2 amide bonds. The van der Waals surface area contributed by atoms with Crippen LogP contribution in [0, 0.1) is 0 Å². The number of rotatable bonds is 8. The van der Waals surface area contributed by atoms with Crippen molar-refractivity contribution in [2.24, 2.45) is 0 Å². The van der Waals surface area contributed by atoms with Crippen LogP contribution in [0.4, 0.5) is 0 Å². The molecule has 1 aromatic heterocycles. The van der Waals surface area contributed by atoms with Crippen LogP contribution in [0.15, 0.2) is 91.1 Å². The van der Waals surface area contributed by atoms with Crippen LogP contribution in [0.2, 0.25) is 0 Å². The molecule has 166 valence electrons. The molecule has 1 heterocycles. The Bertz CT molecular complexity index is 1240. The van der Waals surface area contributed by atoms with E-state index in [2.05, 4.69) is 15.7 Å². The normalized spacial score (nSPS) is 10.5. The monoisotopic (exact) mass is 440 g/mol. The summed E-state index contributed by atoms with van der Waals surface area (Å²) in [5.74, 6) is -0.0695. The van der Waals surface area contributed by atoms with Gasteiger partial charge < -0.3 is 15.4 Å². The molecule has 0 spiro atoms. The lowest BCUT2D eigenvalue weighted by molar-refractivity contribution is -0.120. The number of ether oxygens (including phenoxy) is 1. The number of hydrogen-bond donors (Lipinski definition) is 2. The van der Waals surface area contributed by atoms with Gasteiger partial charge in [-0.15, -0.1) is 0 Å². The largest absolute Gasteiger partial charge is 0.496 e. The molecule has 33 heavy (non-hydrogen) atoms. The highest BCUT2D eigenvalue weighted by atomic mass is 16.5. The highest BCUT2D eigenvalue weighted by molar-refractivity contribution is 6.01. The van der Waals surface area contributed by atoms with Gasteiger partial charge in [-0.3, -0.25) is 9.59 Å². The third-order valence-electron chi connectivity index (χ3n) is 5.08. The van der Waals surface area contributed by atoms with Crippen LogP contribution in [0.25, 0.3) is 16.9 Å². The molecule has 0 aliphatic rings. The van der Waals surface area contributed by atoms with Gasteiger partial charge in [0.2, 0.25) is 5.91 Å². The zero-order valence-electron chi connectivity index (χ0n) is 18.2. The average molecular weight is 441 g/mol. The Morgan fingerprint density at radius 3 is 2.27 bits per heavy atom. The summed E-state index contributed by atoms with van der Waals surface area (Å²) in [5.41, 5.74) is 3.30. The molecule has 0 atom stereocenters. The standard InChI is InChI=1S/C26H24N4O3/c1-33-23-15-9-8-14-21(23)25-22(18-30(29-25)20-12-6-3-7-13-20)26(32)28-17-24(31)27-16-19-10-4-2-5-11-19/h2-15,18H,16-17H2,1H3,(H,27,31)(H,28,32). The minimum absolute atomic E-state index is 0.145. The van der Waals surface area contributed by atoms with E-state index < -0.39 is 5.91 Å². The van der Waals surface area contributed by atoms with Gasteiger partial charge in [0.1, 0.15) is 11.4 Å². The van der Waals surface area contributed by atoms with Crippen molar-refractivity contribution in [3.05, 3.63) is 102 Å². The molecule has 0 aliphatic heterocycles. The Hall–Kier alpha value is -4.39. The molecule has 0 bridgehead atoms. The minimum atomic E-state index is -0.395.